The van der Waals surface area contributed by atoms with Gasteiger partial charge in [-0.3, -0.25) is 9.69 Å². The van der Waals surface area contributed by atoms with Crippen LogP contribution in [0.4, 0.5) is 4.79 Å². The second kappa shape index (κ2) is 14.9. The predicted molar refractivity (Wildman–Crippen MR) is 167 cm³/mol. The van der Waals surface area contributed by atoms with Gasteiger partial charge in [0.2, 0.25) is 0 Å². The fourth-order valence-corrected chi connectivity index (χ4v) is 7.79. The van der Waals surface area contributed by atoms with Gasteiger partial charge in [0.05, 0.1) is 11.6 Å². The van der Waals surface area contributed by atoms with Gasteiger partial charge in [-0.05, 0) is 67.7 Å². The Balaban J connectivity index is 1.18. The van der Waals surface area contributed by atoms with Crippen LogP contribution in [0.15, 0.2) is 54.6 Å². The molecule has 1 saturated carbocycles. The number of nitriles is 1. The third-order valence-electron chi connectivity index (χ3n) is 10.1. The average Bonchev–Trinajstić information content (AvgIpc) is 3.45. The Morgan fingerprint density at radius 2 is 1.70 bits per heavy atom. The van der Waals surface area contributed by atoms with Crippen molar-refractivity contribution >= 4 is 12.0 Å². The maximum Gasteiger partial charge on any atom is 0.321 e. The smallest absolute Gasteiger partial charge is 0.321 e. The molecule has 0 bridgehead atoms. The zero-order chi connectivity index (χ0) is 30.2. The van der Waals surface area contributed by atoms with E-state index in [-0.39, 0.29) is 24.0 Å². The third-order valence-corrected chi connectivity index (χ3v) is 10.1. The lowest BCUT2D eigenvalue weighted by molar-refractivity contribution is -0.145. The predicted octanol–water partition coefficient (Wildman–Crippen LogP) is 5.30. The highest BCUT2D eigenvalue weighted by Crippen LogP contribution is 2.38. The molecule has 3 atom stereocenters. The Kier molecular flexibility index (Phi) is 10.7. The summed E-state index contributed by atoms with van der Waals surface area (Å²) in [5, 5.41) is 22.4. The van der Waals surface area contributed by atoms with E-state index in [1.54, 1.807) is 12.1 Å². The van der Waals surface area contributed by atoms with E-state index >= 15 is 0 Å². The molecule has 2 aromatic rings. The number of hydrogen-bond donors (Lipinski definition) is 2. The quantitative estimate of drug-likeness (QED) is 0.393. The summed E-state index contributed by atoms with van der Waals surface area (Å²) in [6.45, 7) is 7.60. The second-order valence-corrected chi connectivity index (χ2v) is 12.7. The van der Waals surface area contributed by atoms with Gasteiger partial charge in [0, 0.05) is 57.8 Å². The minimum atomic E-state index is -0.655. The minimum Gasteiger partial charge on any atom is -0.480 e. The van der Waals surface area contributed by atoms with E-state index in [0.29, 0.717) is 30.5 Å². The Hall–Kier alpha value is -3.41. The number of piperidine rings is 1. The first-order valence-electron chi connectivity index (χ1n) is 16.2. The number of hydrogen-bond acceptors (Lipinski definition) is 5. The fraction of sp³-hybridized carbons (Fsp3) is 0.571. The molecule has 230 valence electrons. The summed E-state index contributed by atoms with van der Waals surface area (Å²) in [6.07, 6.45) is 7.43. The van der Waals surface area contributed by atoms with Crippen LogP contribution in [0.1, 0.15) is 74.5 Å². The summed E-state index contributed by atoms with van der Waals surface area (Å²) < 4.78 is 0. The van der Waals surface area contributed by atoms with Gasteiger partial charge in [-0.1, -0.05) is 61.7 Å². The van der Waals surface area contributed by atoms with Gasteiger partial charge < -0.3 is 20.2 Å². The highest BCUT2D eigenvalue weighted by Gasteiger charge is 2.43. The molecule has 8 heteroatoms. The van der Waals surface area contributed by atoms with Gasteiger partial charge in [0.15, 0.2) is 0 Å². The van der Waals surface area contributed by atoms with Crippen LogP contribution in [0, 0.1) is 23.2 Å². The van der Waals surface area contributed by atoms with Crippen molar-refractivity contribution in [3.8, 4) is 6.07 Å². The molecule has 0 radical (unpaired) electrons. The van der Waals surface area contributed by atoms with Crippen LogP contribution < -0.4 is 5.32 Å². The molecule has 3 aliphatic rings. The number of carboxylic acid groups (broad SMARTS) is 1. The molecule has 2 N–H and O–H groups in total. The van der Waals surface area contributed by atoms with Crippen LogP contribution in [0.2, 0.25) is 0 Å². The molecule has 3 fully saturated rings. The highest BCUT2D eigenvalue weighted by molar-refractivity contribution is 5.74. The number of carbonyl (C=O) groups is 2. The van der Waals surface area contributed by atoms with E-state index in [9.17, 15) is 14.7 Å². The van der Waals surface area contributed by atoms with Gasteiger partial charge >= 0.3 is 12.0 Å². The molecule has 8 nitrogen and oxygen atoms in total. The van der Waals surface area contributed by atoms with Gasteiger partial charge in [0.1, 0.15) is 6.04 Å². The van der Waals surface area contributed by atoms with Crippen molar-refractivity contribution in [3.63, 3.8) is 0 Å². The zero-order valence-corrected chi connectivity index (χ0v) is 25.5. The van der Waals surface area contributed by atoms with Crippen molar-refractivity contribution in [1.82, 2.24) is 20.0 Å². The Labute approximate surface area is 256 Å². The molecule has 0 aromatic heterocycles. The largest absolute Gasteiger partial charge is 0.480 e. The molecule has 0 unspecified atom stereocenters. The van der Waals surface area contributed by atoms with E-state index in [0.717, 1.165) is 76.8 Å². The van der Waals surface area contributed by atoms with Crippen LogP contribution in [-0.4, -0.2) is 83.2 Å². The average molecular weight is 586 g/mol. The maximum atomic E-state index is 13.1. The SMILES string of the molecule is CCN(C(=O)NCc1ccc(C#N)cc1)C1CCN(C[C@H]2CN([C@@H](C(=O)O)C3CCCCC3)C[C@@H]2c2ccccc2)CC1. The number of rotatable bonds is 10. The number of benzene rings is 2. The number of nitrogens with one attached hydrogen (secondary N) is 1. The second-order valence-electron chi connectivity index (χ2n) is 12.7. The first kappa shape index (κ1) is 31.0. The van der Waals surface area contributed by atoms with Gasteiger partial charge in [0.25, 0.3) is 0 Å². The van der Waals surface area contributed by atoms with Crippen LogP contribution in [0.5, 0.6) is 0 Å². The minimum absolute atomic E-state index is 0.0386. The molecule has 5 rings (SSSR count). The number of nitrogens with zero attached hydrogens (tertiary/aromatic N) is 4. The topological polar surface area (TPSA) is 99.9 Å². The zero-order valence-electron chi connectivity index (χ0n) is 25.5. The van der Waals surface area contributed by atoms with E-state index in [4.69, 9.17) is 5.26 Å². The summed E-state index contributed by atoms with van der Waals surface area (Å²) >= 11 is 0. The summed E-state index contributed by atoms with van der Waals surface area (Å²) in [7, 11) is 0. The summed E-state index contributed by atoms with van der Waals surface area (Å²) in [6, 6.07) is 19.9. The van der Waals surface area contributed by atoms with E-state index in [2.05, 4.69) is 51.5 Å². The van der Waals surface area contributed by atoms with Crippen LogP contribution in [0.3, 0.4) is 0 Å². The van der Waals surface area contributed by atoms with Crippen LogP contribution in [0.25, 0.3) is 0 Å². The molecule has 2 heterocycles. The molecular formula is C35H47N5O3. The number of amides is 2. The normalized spacial score (nSPS) is 23.0. The van der Waals surface area contributed by atoms with Gasteiger partial charge in [-0.15, -0.1) is 0 Å². The Bertz CT molecular complexity index is 1230. The lowest BCUT2D eigenvalue weighted by Crippen LogP contribution is -2.51. The number of urea groups is 1. The van der Waals surface area contributed by atoms with Gasteiger partial charge in [-0.2, -0.15) is 5.26 Å². The highest BCUT2D eigenvalue weighted by atomic mass is 16.4. The standard InChI is InChI=1S/C35H47N5O3/c1-2-40(35(43)37-22-27-15-13-26(21-36)14-16-27)31-17-19-38(20-18-31)23-30-24-39(25-32(30)28-9-5-3-6-10-28)33(34(41)42)29-11-7-4-8-12-29/h3,5-6,9-10,13-16,29-33H,2,4,7-8,11-12,17-20,22-25H2,1H3,(H,37,43)(H,41,42)/t30-,32+,33+/m0/s1. The van der Waals surface area contributed by atoms with Gasteiger partial charge in [-0.25, -0.2) is 4.79 Å². The number of likely N-dealkylation sites (tertiary alicyclic amines) is 2. The van der Waals surface area contributed by atoms with Crippen molar-refractivity contribution in [2.75, 3.05) is 39.3 Å². The number of carbonyl (C=O) groups excluding carboxylic acids is 1. The molecular weight excluding hydrogens is 538 g/mol. The van der Waals surface area contributed by atoms with Crippen molar-refractivity contribution < 1.29 is 14.7 Å². The number of carboxylic acids is 1. The fourth-order valence-electron chi connectivity index (χ4n) is 7.79. The summed E-state index contributed by atoms with van der Waals surface area (Å²) in [5.74, 6) is 0.296. The van der Waals surface area contributed by atoms with E-state index in [1.807, 2.05) is 24.0 Å². The maximum absolute atomic E-state index is 13.1. The molecule has 2 saturated heterocycles. The Morgan fingerprint density at radius 3 is 2.33 bits per heavy atom. The lowest BCUT2D eigenvalue weighted by Gasteiger charge is -2.39. The summed E-state index contributed by atoms with van der Waals surface area (Å²) in [4.78, 5) is 32.5. The summed E-state index contributed by atoms with van der Waals surface area (Å²) in [5.41, 5.74) is 2.91. The molecule has 2 aliphatic heterocycles. The van der Waals surface area contributed by atoms with Crippen LogP contribution in [-0.2, 0) is 11.3 Å². The first-order chi connectivity index (χ1) is 21.0. The van der Waals surface area contributed by atoms with Crippen molar-refractivity contribution in [3.05, 3.63) is 71.3 Å². The van der Waals surface area contributed by atoms with Crippen molar-refractivity contribution in [2.24, 2.45) is 11.8 Å². The lowest BCUT2D eigenvalue weighted by atomic mass is 9.83. The molecule has 0 spiro atoms. The van der Waals surface area contributed by atoms with Crippen LogP contribution >= 0.6 is 0 Å². The molecule has 43 heavy (non-hydrogen) atoms. The number of aliphatic carboxylic acids is 1. The molecule has 2 aromatic carbocycles. The van der Waals surface area contributed by atoms with Crippen molar-refractivity contribution in [1.29, 1.82) is 5.26 Å². The molecule has 1 aliphatic carbocycles. The Morgan fingerprint density at radius 1 is 1.00 bits per heavy atom. The molecule has 2 amide bonds. The third kappa shape index (κ3) is 7.76. The van der Waals surface area contributed by atoms with E-state index in [1.165, 1.54) is 12.0 Å². The first-order valence-corrected chi connectivity index (χ1v) is 16.2. The van der Waals surface area contributed by atoms with E-state index < -0.39 is 5.97 Å². The van der Waals surface area contributed by atoms with Crippen molar-refractivity contribution in [2.45, 2.75) is 76.4 Å². The monoisotopic (exact) mass is 585 g/mol.